The number of carbonyl (C=O) groups is 5. The molecular formula is C28H33N5O5S. The molecule has 6 atom stereocenters. The number of thiazole rings is 1. The number of hydrogen-bond acceptors (Lipinski definition) is 7. The summed E-state index contributed by atoms with van der Waals surface area (Å²) in [4.78, 5) is 73.4. The van der Waals surface area contributed by atoms with Gasteiger partial charge in [-0.25, -0.2) is 4.98 Å². The van der Waals surface area contributed by atoms with Gasteiger partial charge in [-0.1, -0.05) is 26.0 Å². The summed E-state index contributed by atoms with van der Waals surface area (Å²) in [5.41, 5.74) is 0.611. The number of nitrogens with one attached hydrogen (secondary N) is 2. The Morgan fingerprint density at radius 2 is 1.97 bits per heavy atom. The fourth-order valence-electron chi connectivity index (χ4n) is 6.85. The average Bonchev–Trinajstić information content (AvgIpc) is 3.51. The zero-order valence-electron chi connectivity index (χ0n) is 22.3. The van der Waals surface area contributed by atoms with E-state index in [0.717, 1.165) is 4.70 Å². The van der Waals surface area contributed by atoms with Crippen LogP contribution in [0.15, 0.2) is 24.3 Å². The lowest BCUT2D eigenvalue weighted by Gasteiger charge is -2.33. The van der Waals surface area contributed by atoms with Crippen LogP contribution in [0.5, 0.6) is 0 Å². The van der Waals surface area contributed by atoms with Crippen LogP contribution < -0.4 is 10.6 Å². The average molecular weight is 552 g/mol. The first-order chi connectivity index (χ1) is 18.6. The van der Waals surface area contributed by atoms with Crippen LogP contribution in [-0.2, 0) is 19.2 Å². The molecule has 4 fully saturated rings. The number of nitrogens with zero attached hydrogens (tertiary/aromatic N) is 3. The van der Waals surface area contributed by atoms with E-state index < -0.39 is 18.0 Å². The van der Waals surface area contributed by atoms with Crippen LogP contribution in [0.4, 0.5) is 0 Å². The fourth-order valence-corrected chi connectivity index (χ4v) is 7.81. The molecule has 2 aromatic rings. The highest BCUT2D eigenvalue weighted by molar-refractivity contribution is 7.20. The lowest BCUT2D eigenvalue weighted by molar-refractivity contribution is -0.143. The minimum Gasteiger partial charge on any atom is -0.356 e. The molecule has 4 amide bonds. The van der Waals surface area contributed by atoms with Gasteiger partial charge in [0.2, 0.25) is 29.4 Å². The number of benzene rings is 1. The molecule has 4 aliphatic rings. The Morgan fingerprint density at radius 3 is 2.64 bits per heavy atom. The Bertz CT molecular complexity index is 1350. The Morgan fingerprint density at radius 1 is 1.21 bits per heavy atom. The number of aromatic nitrogens is 1. The van der Waals surface area contributed by atoms with Crippen molar-refractivity contribution in [2.24, 2.45) is 29.1 Å². The van der Waals surface area contributed by atoms with Gasteiger partial charge in [-0.15, -0.1) is 11.3 Å². The van der Waals surface area contributed by atoms with E-state index in [2.05, 4.69) is 29.5 Å². The van der Waals surface area contributed by atoms with Crippen molar-refractivity contribution >= 4 is 51.0 Å². The highest BCUT2D eigenvalue weighted by Crippen LogP contribution is 2.65. The smallest absolute Gasteiger partial charge is 0.243 e. The van der Waals surface area contributed by atoms with Crippen molar-refractivity contribution in [3.63, 3.8) is 0 Å². The molecule has 11 heteroatoms. The van der Waals surface area contributed by atoms with Crippen molar-refractivity contribution < 1.29 is 24.0 Å². The first kappa shape index (κ1) is 25.9. The second-order valence-corrected chi connectivity index (χ2v) is 13.0. The van der Waals surface area contributed by atoms with Crippen molar-refractivity contribution in [2.45, 2.75) is 45.2 Å². The SMILES string of the molecule is CN1C[C@H](C(=O)N2CC3C(C2C(=O)N[C@@H](C[C@@H]2CCNC2=O)C(=O)c2nc4ccccc4s2)C3(C)C)CC1=O. The molecule has 2 N–H and O–H groups in total. The van der Waals surface area contributed by atoms with E-state index in [4.69, 9.17) is 0 Å². The monoisotopic (exact) mass is 551 g/mol. The third-order valence-corrected chi connectivity index (χ3v) is 10.3. The van der Waals surface area contributed by atoms with Gasteiger partial charge in [0.15, 0.2) is 5.01 Å². The molecule has 3 unspecified atom stereocenters. The molecule has 0 bridgehead atoms. The number of likely N-dealkylation sites (tertiary alicyclic amines) is 2. The number of Topliss-reactive ketones (excluding diaryl/α,β-unsaturated/α-hetero) is 1. The third kappa shape index (κ3) is 4.40. The fraction of sp³-hybridized carbons (Fsp3) is 0.571. The zero-order chi connectivity index (χ0) is 27.6. The van der Waals surface area contributed by atoms with Crippen LogP contribution in [0.1, 0.15) is 42.9 Å². The number of rotatable bonds is 7. The number of amides is 4. The van der Waals surface area contributed by atoms with Crippen LogP contribution >= 0.6 is 11.3 Å². The Labute approximate surface area is 230 Å². The summed E-state index contributed by atoms with van der Waals surface area (Å²) in [6, 6.07) is 5.80. The van der Waals surface area contributed by atoms with Gasteiger partial charge in [0, 0.05) is 39.0 Å². The van der Waals surface area contributed by atoms with Crippen LogP contribution in [0, 0.1) is 29.1 Å². The van der Waals surface area contributed by atoms with Gasteiger partial charge in [-0.05, 0) is 42.2 Å². The van der Waals surface area contributed by atoms with Gasteiger partial charge in [0.25, 0.3) is 0 Å². The molecule has 1 aliphatic carbocycles. The minimum atomic E-state index is -0.941. The summed E-state index contributed by atoms with van der Waals surface area (Å²) in [6.45, 7) is 5.55. The van der Waals surface area contributed by atoms with Gasteiger partial charge in [0.1, 0.15) is 6.04 Å². The van der Waals surface area contributed by atoms with Crippen LogP contribution in [0.25, 0.3) is 10.2 Å². The molecule has 39 heavy (non-hydrogen) atoms. The van der Waals surface area contributed by atoms with Crippen molar-refractivity contribution in [1.82, 2.24) is 25.4 Å². The van der Waals surface area contributed by atoms with E-state index in [1.54, 1.807) is 16.8 Å². The van der Waals surface area contributed by atoms with E-state index in [1.165, 1.54) is 11.3 Å². The number of hydrogen-bond donors (Lipinski definition) is 2. The zero-order valence-corrected chi connectivity index (χ0v) is 23.1. The van der Waals surface area contributed by atoms with Crippen molar-refractivity contribution in [2.75, 3.05) is 26.7 Å². The highest BCUT2D eigenvalue weighted by Gasteiger charge is 2.69. The minimum absolute atomic E-state index is 0.0238. The number of para-hydroxylation sites is 1. The number of fused-ring (bicyclic) bond motifs is 2. The van der Waals surface area contributed by atoms with Crippen molar-refractivity contribution in [3.8, 4) is 0 Å². The number of piperidine rings is 1. The lowest BCUT2D eigenvalue weighted by Crippen LogP contribution is -2.55. The van der Waals surface area contributed by atoms with Crippen molar-refractivity contribution in [3.05, 3.63) is 29.3 Å². The van der Waals surface area contributed by atoms with Crippen molar-refractivity contribution in [1.29, 1.82) is 0 Å². The Hall–Kier alpha value is -3.34. The molecule has 0 radical (unpaired) electrons. The first-order valence-electron chi connectivity index (χ1n) is 13.6. The maximum atomic E-state index is 14.0. The first-order valence-corrected chi connectivity index (χ1v) is 14.4. The summed E-state index contributed by atoms with van der Waals surface area (Å²) >= 11 is 1.27. The molecule has 6 rings (SSSR count). The molecule has 3 aliphatic heterocycles. The third-order valence-electron chi connectivity index (χ3n) is 9.27. The van der Waals surface area contributed by atoms with Crippen LogP contribution in [0.2, 0.25) is 0 Å². The summed E-state index contributed by atoms with van der Waals surface area (Å²) in [7, 11) is 1.68. The van der Waals surface area contributed by atoms with Gasteiger partial charge < -0.3 is 20.4 Å². The predicted molar refractivity (Wildman–Crippen MR) is 144 cm³/mol. The van der Waals surface area contributed by atoms with Gasteiger partial charge in [-0.2, -0.15) is 0 Å². The predicted octanol–water partition coefficient (Wildman–Crippen LogP) is 1.45. The molecule has 0 spiro atoms. The van der Waals surface area contributed by atoms with Gasteiger partial charge in [-0.3, -0.25) is 24.0 Å². The molecule has 3 saturated heterocycles. The number of carbonyl (C=O) groups excluding carboxylic acids is 5. The van der Waals surface area contributed by atoms with E-state index >= 15 is 0 Å². The van der Waals surface area contributed by atoms with Gasteiger partial charge in [0.05, 0.1) is 22.2 Å². The topological polar surface area (TPSA) is 129 Å². The lowest BCUT2D eigenvalue weighted by atomic mass is 9.94. The molecule has 1 saturated carbocycles. The standard InChI is InChI=1S/C28H33N5O5S/c1-28(2)16-13-33(27(38)15-11-20(34)32(3)12-15)22(21(16)28)25(37)30-18(10-14-8-9-29-24(14)36)23(35)26-31-17-6-4-5-7-19(17)39-26/h4-7,14-16,18,21-22H,8-13H2,1-3H3,(H,29,36)(H,30,37)/t14-,15+,16?,18-,21?,22?/m0/s1. The normalized spacial score (nSPS) is 29.9. The van der Waals surface area contributed by atoms with E-state index in [1.807, 2.05) is 24.3 Å². The summed E-state index contributed by atoms with van der Waals surface area (Å²) in [6.07, 6.45) is 0.911. The molecular weight excluding hydrogens is 518 g/mol. The Kier molecular flexibility index (Phi) is 6.24. The van der Waals surface area contributed by atoms with E-state index in [0.29, 0.717) is 31.6 Å². The van der Waals surface area contributed by atoms with Crippen LogP contribution in [-0.4, -0.2) is 83.0 Å². The summed E-state index contributed by atoms with van der Waals surface area (Å²) < 4.78 is 0.871. The number of ketones is 1. The van der Waals surface area contributed by atoms with E-state index in [-0.39, 0.29) is 70.4 Å². The largest absolute Gasteiger partial charge is 0.356 e. The molecule has 206 valence electrons. The van der Waals surface area contributed by atoms with Crippen LogP contribution in [0.3, 0.4) is 0 Å². The van der Waals surface area contributed by atoms with Gasteiger partial charge >= 0.3 is 0 Å². The Balaban J connectivity index is 1.26. The molecule has 1 aromatic carbocycles. The second-order valence-electron chi connectivity index (χ2n) is 12.0. The molecule has 10 nitrogen and oxygen atoms in total. The maximum Gasteiger partial charge on any atom is 0.243 e. The maximum absolute atomic E-state index is 14.0. The highest BCUT2D eigenvalue weighted by atomic mass is 32.1. The summed E-state index contributed by atoms with van der Waals surface area (Å²) in [5, 5.41) is 6.06. The molecule has 4 heterocycles. The second kappa shape index (κ2) is 9.39. The quantitative estimate of drug-likeness (QED) is 0.502. The summed E-state index contributed by atoms with van der Waals surface area (Å²) in [5.74, 6) is -1.78. The van der Waals surface area contributed by atoms with E-state index in [9.17, 15) is 24.0 Å². The molecule has 1 aromatic heterocycles.